The monoisotopic (exact) mass is 296 g/mol. The number of hydrogen-bond donors (Lipinski definition) is 1. The van der Waals surface area contributed by atoms with Crippen LogP contribution in [0.5, 0.6) is 0 Å². The van der Waals surface area contributed by atoms with Gasteiger partial charge in [-0.1, -0.05) is 28.5 Å². The molecule has 1 heterocycles. The van der Waals surface area contributed by atoms with Crippen LogP contribution in [0.25, 0.3) is 0 Å². The lowest BCUT2D eigenvalue weighted by Gasteiger charge is -2.35. The number of rotatable bonds is 2. The Hall–Kier alpha value is 0.170. The quantitative estimate of drug-likeness (QED) is 0.468. The molecule has 0 amide bonds. The first-order chi connectivity index (χ1) is 6.15. The molecule has 4 heteroatoms. The number of hydrogen-bond acceptors (Lipinski definition) is 3. The van der Waals surface area contributed by atoms with Gasteiger partial charge in [-0.05, 0) is 6.92 Å². The molecule has 13 heavy (non-hydrogen) atoms. The van der Waals surface area contributed by atoms with E-state index in [0.717, 1.165) is 0 Å². The van der Waals surface area contributed by atoms with Crippen molar-refractivity contribution in [2.24, 2.45) is 0 Å². The summed E-state index contributed by atoms with van der Waals surface area (Å²) in [7, 11) is 0. The third kappa shape index (κ3) is 3.09. The van der Waals surface area contributed by atoms with E-state index in [1.807, 2.05) is 6.92 Å². The standard InChI is InChI=1S/C9H13IO3/c1-3-4-12-9-6(2)13-8(11)5-7(9)10/h1,6-9,11H,4-5H2,2H3. The van der Waals surface area contributed by atoms with E-state index in [1.54, 1.807) is 0 Å². The van der Waals surface area contributed by atoms with Crippen LogP contribution in [0.4, 0.5) is 0 Å². The second kappa shape index (κ2) is 5.15. The fourth-order valence-corrected chi connectivity index (χ4v) is 2.61. The summed E-state index contributed by atoms with van der Waals surface area (Å²) >= 11 is 2.26. The average molecular weight is 296 g/mol. The first-order valence-electron chi connectivity index (χ1n) is 4.17. The maximum Gasteiger partial charge on any atom is 0.156 e. The predicted molar refractivity (Wildman–Crippen MR) is 57.6 cm³/mol. The maximum absolute atomic E-state index is 9.27. The Morgan fingerprint density at radius 1 is 1.77 bits per heavy atom. The Morgan fingerprint density at radius 3 is 3.00 bits per heavy atom. The van der Waals surface area contributed by atoms with Gasteiger partial charge in [0.15, 0.2) is 6.29 Å². The minimum atomic E-state index is -0.664. The zero-order chi connectivity index (χ0) is 9.84. The summed E-state index contributed by atoms with van der Waals surface area (Å²) in [6.45, 7) is 2.18. The number of halogens is 1. The molecule has 0 radical (unpaired) electrons. The van der Waals surface area contributed by atoms with E-state index in [0.29, 0.717) is 13.0 Å². The van der Waals surface area contributed by atoms with Gasteiger partial charge in [0.25, 0.3) is 0 Å². The normalized spacial score (nSPS) is 39.8. The van der Waals surface area contributed by atoms with Gasteiger partial charge >= 0.3 is 0 Å². The van der Waals surface area contributed by atoms with E-state index >= 15 is 0 Å². The first-order valence-corrected chi connectivity index (χ1v) is 5.42. The summed E-state index contributed by atoms with van der Waals surface area (Å²) in [4.78, 5) is 0. The van der Waals surface area contributed by atoms with E-state index in [9.17, 15) is 5.11 Å². The third-order valence-corrected chi connectivity index (χ3v) is 3.19. The average Bonchev–Trinajstić information content (AvgIpc) is 2.02. The van der Waals surface area contributed by atoms with Crippen molar-refractivity contribution in [1.82, 2.24) is 0 Å². The Kier molecular flexibility index (Phi) is 4.46. The second-order valence-electron chi connectivity index (χ2n) is 3.03. The van der Waals surface area contributed by atoms with Gasteiger partial charge in [0.1, 0.15) is 6.61 Å². The fourth-order valence-electron chi connectivity index (χ4n) is 1.39. The number of alkyl halides is 1. The first kappa shape index (κ1) is 11.2. The smallest absolute Gasteiger partial charge is 0.156 e. The molecule has 4 unspecified atom stereocenters. The molecule has 74 valence electrons. The lowest BCUT2D eigenvalue weighted by Crippen LogP contribution is -2.45. The molecule has 0 aliphatic carbocycles. The molecule has 0 saturated carbocycles. The highest BCUT2D eigenvalue weighted by Gasteiger charge is 2.34. The van der Waals surface area contributed by atoms with Crippen LogP contribution >= 0.6 is 22.6 Å². The fraction of sp³-hybridized carbons (Fsp3) is 0.778. The third-order valence-electron chi connectivity index (χ3n) is 1.98. The Morgan fingerprint density at radius 2 is 2.46 bits per heavy atom. The molecule has 1 saturated heterocycles. The lowest BCUT2D eigenvalue weighted by molar-refractivity contribution is -0.196. The summed E-state index contributed by atoms with van der Waals surface area (Å²) < 4.78 is 10.9. The molecule has 1 rings (SSSR count). The van der Waals surface area contributed by atoms with Crippen LogP contribution < -0.4 is 0 Å². The van der Waals surface area contributed by atoms with Crippen molar-refractivity contribution in [3.63, 3.8) is 0 Å². The highest BCUT2D eigenvalue weighted by atomic mass is 127. The van der Waals surface area contributed by atoms with Crippen molar-refractivity contribution >= 4 is 22.6 Å². The number of aliphatic hydroxyl groups excluding tert-OH is 1. The van der Waals surface area contributed by atoms with Crippen LogP contribution in [-0.2, 0) is 9.47 Å². The van der Waals surface area contributed by atoms with Gasteiger partial charge in [-0.25, -0.2) is 0 Å². The Balaban J connectivity index is 2.47. The largest absolute Gasteiger partial charge is 0.368 e. The van der Waals surface area contributed by atoms with Crippen LogP contribution in [0.15, 0.2) is 0 Å². The predicted octanol–water partition coefficient (Wildman–Crippen LogP) is 0.936. The maximum atomic E-state index is 9.27. The lowest BCUT2D eigenvalue weighted by atomic mass is 10.1. The highest BCUT2D eigenvalue weighted by Crippen LogP contribution is 2.27. The molecule has 1 fully saturated rings. The second-order valence-corrected chi connectivity index (χ2v) is 4.63. The molecular weight excluding hydrogens is 283 g/mol. The number of ether oxygens (including phenoxy) is 2. The molecule has 0 aromatic rings. The van der Waals surface area contributed by atoms with E-state index in [1.165, 1.54) is 0 Å². The van der Waals surface area contributed by atoms with Crippen LogP contribution in [0.2, 0.25) is 0 Å². The minimum absolute atomic E-state index is 0.0138. The molecule has 0 aromatic carbocycles. The number of terminal acetylenes is 1. The molecule has 1 aliphatic rings. The van der Waals surface area contributed by atoms with Crippen LogP contribution in [0.3, 0.4) is 0 Å². The Bertz CT molecular complexity index is 190. The van der Waals surface area contributed by atoms with E-state index in [2.05, 4.69) is 28.5 Å². The summed E-state index contributed by atoms with van der Waals surface area (Å²) in [5.74, 6) is 2.42. The number of aliphatic hydroxyl groups is 1. The zero-order valence-electron chi connectivity index (χ0n) is 7.44. The minimum Gasteiger partial charge on any atom is -0.368 e. The molecule has 1 aliphatic heterocycles. The van der Waals surface area contributed by atoms with Crippen LogP contribution in [-0.4, -0.2) is 34.1 Å². The van der Waals surface area contributed by atoms with Gasteiger partial charge in [0.05, 0.1) is 12.2 Å². The molecule has 0 aromatic heterocycles. The van der Waals surface area contributed by atoms with Gasteiger partial charge in [-0.3, -0.25) is 0 Å². The van der Waals surface area contributed by atoms with Gasteiger partial charge in [-0.2, -0.15) is 0 Å². The van der Waals surface area contributed by atoms with Crippen LogP contribution in [0, 0.1) is 12.3 Å². The molecular formula is C9H13IO3. The molecule has 4 atom stereocenters. The van der Waals surface area contributed by atoms with E-state index < -0.39 is 6.29 Å². The van der Waals surface area contributed by atoms with Gasteiger partial charge < -0.3 is 14.6 Å². The Labute approximate surface area is 91.9 Å². The van der Waals surface area contributed by atoms with E-state index in [-0.39, 0.29) is 16.1 Å². The summed E-state index contributed by atoms with van der Waals surface area (Å²) in [6.07, 6.45) is 4.92. The molecule has 1 N–H and O–H groups in total. The van der Waals surface area contributed by atoms with Crippen molar-refractivity contribution < 1.29 is 14.6 Å². The van der Waals surface area contributed by atoms with Gasteiger partial charge in [0.2, 0.25) is 0 Å². The zero-order valence-corrected chi connectivity index (χ0v) is 9.60. The van der Waals surface area contributed by atoms with Gasteiger partial charge in [-0.15, -0.1) is 6.42 Å². The molecule has 0 bridgehead atoms. The summed E-state index contributed by atoms with van der Waals surface area (Å²) in [5.41, 5.74) is 0. The van der Waals surface area contributed by atoms with Crippen LogP contribution in [0.1, 0.15) is 13.3 Å². The van der Waals surface area contributed by atoms with Gasteiger partial charge in [0, 0.05) is 10.3 Å². The van der Waals surface area contributed by atoms with Crippen molar-refractivity contribution in [1.29, 1.82) is 0 Å². The topological polar surface area (TPSA) is 38.7 Å². The molecule has 3 nitrogen and oxygen atoms in total. The van der Waals surface area contributed by atoms with E-state index in [4.69, 9.17) is 15.9 Å². The SMILES string of the molecule is C#CCOC1C(I)CC(O)OC1C. The van der Waals surface area contributed by atoms with Crippen molar-refractivity contribution in [3.8, 4) is 12.3 Å². The summed E-state index contributed by atoms with van der Waals surface area (Å²) in [5, 5.41) is 9.27. The molecule has 0 spiro atoms. The van der Waals surface area contributed by atoms with Crippen molar-refractivity contribution in [3.05, 3.63) is 0 Å². The van der Waals surface area contributed by atoms with Crippen molar-refractivity contribution in [2.45, 2.75) is 35.8 Å². The van der Waals surface area contributed by atoms with Crippen molar-refractivity contribution in [2.75, 3.05) is 6.61 Å². The highest BCUT2D eigenvalue weighted by molar-refractivity contribution is 14.1. The summed E-state index contributed by atoms with van der Waals surface area (Å²) in [6, 6.07) is 0.